The number of hydrogen-bond acceptors (Lipinski definition) is 5. The normalized spacial score (nSPS) is 12.3. The Morgan fingerprint density at radius 2 is 2.00 bits per heavy atom. The van der Waals surface area contributed by atoms with Crippen LogP contribution in [0.2, 0.25) is 0 Å². The second-order valence-electron chi connectivity index (χ2n) is 6.35. The van der Waals surface area contributed by atoms with Crippen molar-refractivity contribution in [1.29, 1.82) is 0 Å². The molecule has 1 atom stereocenters. The van der Waals surface area contributed by atoms with Crippen molar-refractivity contribution in [2.45, 2.75) is 6.10 Å². The van der Waals surface area contributed by atoms with Gasteiger partial charge in [-0.15, -0.1) is 0 Å². The van der Waals surface area contributed by atoms with E-state index in [1.807, 2.05) is 6.07 Å². The van der Waals surface area contributed by atoms with E-state index in [4.69, 9.17) is 9.84 Å². The highest BCUT2D eigenvalue weighted by molar-refractivity contribution is 5.85. The highest BCUT2D eigenvalue weighted by Crippen LogP contribution is 2.35. The third-order valence-electron chi connectivity index (χ3n) is 4.57. The summed E-state index contributed by atoms with van der Waals surface area (Å²) in [4.78, 5) is 11.3. The van der Waals surface area contributed by atoms with Gasteiger partial charge in [0.25, 0.3) is 0 Å². The highest BCUT2D eigenvalue weighted by Gasteiger charge is 2.25. The summed E-state index contributed by atoms with van der Waals surface area (Å²) in [5.41, 5.74) is 1.78. The Morgan fingerprint density at radius 3 is 2.76 bits per heavy atom. The quantitative estimate of drug-likeness (QED) is 0.464. The second kappa shape index (κ2) is 7.94. The van der Waals surface area contributed by atoms with Crippen molar-refractivity contribution in [3.05, 3.63) is 77.9 Å². The summed E-state index contributed by atoms with van der Waals surface area (Å²) in [5.74, 6) is -2.17. The fourth-order valence-corrected chi connectivity index (χ4v) is 3.16. The predicted molar refractivity (Wildman–Crippen MR) is 102 cm³/mol. The number of benzene rings is 1. The van der Waals surface area contributed by atoms with Gasteiger partial charge in [-0.05, 0) is 24.3 Å². The Balaban J connectivity index is 1.79. The van der Waals surface area contributed by atoms with Crippen LogP contribution in [0.15, 0.2) is 55.1 Å². The molecule has 148 valence electrons. The number of halogens is 2. The number of aliphatic hydroxyl groups excluding tert-OH is 2. The molecule has 0 radical (unpaired) electrons. The Labute approximate surface area is 164 Å². The molecule has 0 bridgehead atoms. The first kappa shape index (κ1) is 19.0. The molecule has 0 amide bonds. The molecule has 4 rings (SSSR count). The van der Waals surface area contributed by atoms with E-state index in [0.717, 1.165) is 23.3 Å². The van der Waals surface area contributed by atoms with Gasteiger partial charge in [0, 0.05) is 46.9 Å². The van der Waals surface area contributed by atoms with Crippen LogP contribution in [0.5, 0.6) is 5.75 Å². The highest BCUT2D eigenvalue weighted by atomic mass is 19.1. The van der Waals surface area contributed by atoms with Gasteiger partial charge in [0.2, 0.25) is 0 Å². The Bertz CT molecular complexity index is 1150. The zero-order valence-electron chi connectivity index (χ0n) is 15.1. The van der Waals surface area contributed by atoms with Crippen LogP contribution in [0.3, 0.4) is 0 Å². The van der Waals surface area contributed by atoms with Gasteiger partial charge in [0.1, 0.15) is 24.2 Å². The van der Waals surface area contributed by atoms with Crippen LogP contribution in [0.1, 0.15) is 17.2 Å². The van der Waals surface area contributed by atoms with E-state index in [-0.39, 0.29) is 24.5 Å². The molecular weight excluding hydrogens is 380 g/mol. The lowest BCUT2D eigenvalue weighted by atomic mass is 9.99. The van der Waals surface area contributed by atoms with Gasteiger partial charge >= 0.3 is 0 Å². The third-order valence-corrected chi connectivity index (χ3v) is 4.57. The topological polar surface area (TPSA) is 91.3 Å². The van der Waals surface area contributed by atoms with Gasteiger partial charge in [-0.3, -0.25) is 4.98 Å². The Morgan fingerprint density at radius 1 is 1.14 bits per heavy atom. The molecule has 8 heteroatoms. The maximum atomic E-state index is 14.8. The fraction of sp³-hybridized carbons (Fsp3) is 0.143. The Kier molecular flexibility index (Phi) is 5.20. The molecule has 4 aromatic rings. The maximum Gasteiger partial charge on any atom is 0.174 e. The number of nitrogens with one attached hydrogen (secondary N) is 1. The lowest BCUT2D eigenvalue weighted by Gasteiger charge is -2.15. The number of fused-ring (bicyclic) bond motifs is 1. The van der Waals surface area contributed by atoms with E-state index in [2.05, 4.69) is 15.0 Å². The van der Waals surface area contributed by atoms with Crippen molar-refractivity contribution >= 4 is 11.0 Å². The van der Waals surface area contributed by atoms with Crippen LogP contribution in [0.4, 0.5) is 8.78 Å². The maximum absolute atomic E-state index is 14.8. The number of pyridine rings is 2. The van der Waals surface area contributed by atoms with E-state index in [1.165, 1.54) is 6.20 Å². The number of hydrogen-bond donors (Lipinski definition) is 3. The molecule has 0 saturated heterocycles. The zero-order valence-corrected chi connectivity index (χ0v) is 15.1. The summed E-state index contributed by atoms with van der Waals surface area (Å²) in [6.07, 6.45) is 4.85. The smallest absolute Gasteiger partial charge is 0.174 e. The van der Waals surface area contributed by atoms with E-state index in [0.29, 0.717) is 11.0 Å². The molecule has 3 aromatic heterocycles. The Hall–Kier alpha value is -3.36. The number of rotatable bonds is 6. The van der Waals surface area contributed by atoms with Gasteiger partial charge in [-0.2, -0.15) is 0 Å². The summed E-state index contributed by atoms with van der Waals surface area (Å²) in [5, 5.41) is 20.2. The minimum Gasteiger partial charge on any atom is -0.488 e. The largest absolute Gasteiger partial charge is 0.488 e. The van der Waals surface area contributed by atoms with E-state index in [1.54, 1.807) is 30.7 Å². The van der Waals surface area contributed by atoms with Gasteiger partial charge < -0.3 is 19.9 Å². The molecule has 0 aliphatic carbocycles. The van der Waals surface area contributed by atoms with Crippen molar-refractivity contribution in [2.24, 2.45) is 0 Å². The van der Waals surface area contributed by atoms with Crippen LogP contribution in [0.25, 0.3) is 22.2 Å². The van der Waals surface area contributed by atoms with Gasteiger partial charge in [-0.1, -0.05) is 6.07 Å². The first-order valence-electron chi connectivity index (χ1n) is 8.87. The second-order valence-corrected chi connectivity index (χ2v) is 6.35. The first-order chi connectivity index (χ1) is 14.1. The lowest BCUT2D eigenvalue weighted by Crippen LogP contribution is -2.09. The standard InChI is InChI=1S/C21H17F2N3O3/c22-16-3-4-17(29-7-6-27)19(23)18(16)20(28)15-11-26-21-14(15)8-13(10-25-21)12-2-1-5-24-9-12/h1-5,8-11,20,27-28H,6-7H2,(H,25,26). The zero-order chi connectivity index (χ0) is 20.4. The van der Waals surface area contributed by atoms with E-state index >= 15 is 0 Å². The van der Waals surface area contributed by atoms with Crippen LogP contribution in [0, 0.1) is 11.6 Å². The SMILES string of the molecule is OCCOc1ccc(F)c(C(O)c2c[nH]c3ncc(-c4cccnc4)cc23)c1F. The molecule has 3 N–H and O–H groups in total. The predicted octanol–water partition coefficient (Wildman–Crippen LogP) is 3.36. The summed E-state index contributed by atoms with van der Waals surface area (Å²) in [7, 11) is 0. The van der Waals surface area contributed by atoms with Crippen molar-refractivity contribution in [3.63, 3.8) is 0 Å². The minimum atomic E-state index is -1.59. The molecule has 6 nitrogen and oxygen atoms in total. The molecule has 29 heavy (non-hydrogen) atoms. The van der Waals surface area contributed by atoms with Crippen LogP contribution >= 0.6 is 0 Å². The molecule has 0 aliphatic heterocycles. The number of ether oxygens (including phenoxy) is 1. The molecular formula is C21H17F2N3O3. The molecule has 1 aromatic carbocycles. The summed E-state index contributed by atoms with van der Waals surface area (Å²) < 4.78 is 34.3. The molecule has 0 saturated carbocycles. The van der Waals surface area contributed by atoms with Crippen LogP contribution < -0.4 is 4.74 Å². The monoisotopic (exact) mass is 397 g/mol. The van der Waals surface area contributed by atoms with Gasteiger partial charge in [0.05, 0.1) is 12.2 Å². The number of aromatic nitrogens is 3. The van der Waals surface area contributed by atoms with Gasteiger partial charge in [-0.25, -0.2) is 13.8 Å². The number of nitrogens with zero attached hydrogens (tertiary/aromatic N) is 2. The van der Waals surface area contributed by atoms with Gasteiger partial charge in [0.15, 0.2) is 11.6 Å². The molecule has 0 aliphatic rings. The fourth-order valence-electron chi connectivity index (χ4n) is 3.16. The van der Waals surface area contributed by atoms with Crippen molar-refractivity contribution in [2.75, 3.05) is 13.2 Å². The average Bonchev–Trinajstić information content (AvgIpc) is 3.17. The summed E-state index contributed by atoms with van der Waals surface area (Å²) in [6, 6.07) is 7.56. The van der Waals surface area contributed by atoms with Crippen molar-refractivity contribution < 1.29 is 23.7 Å². The molecule has 1 unspecified atom stereocenters. The van der Waals surface area contributed by atoms with Crippen molar-refractivity contribution in [3.8, 4) is 16.9 Å². The molecule has 0 fully saturated rings. The number of aromatic amines is 1. The molecule has 0 spiro atoms. The summed E-state index contributed by atoms with van der Waals surface area (Å²) in [6.45, 7) is -0.469. The van der Waals surface area contributed by atoms with Crippen LogP contribution in [-0.2, 0) is 0 Å². The van der Waals surface area contributed by atoms with Crippen molar-refractivity contribution in [1.82, 2.24) is 15.0 Å². The average molecular weight is 397 g/mol. The number of aliphatic hydroxyl groups is 2. The lowest BCUT2D eigenvalue weighted by molar-refractivity contribution is 0.189. The third kappa shape index (κ3) is 3.55. The molecule has 3 heterocycles. The van der Waals surface area contributed by atoms with Crippen LogP contribution in [-0.4, -0.2) is 38.4 Å². The first-order valence-corrected chi connectivity index (χ1v) is 8.87. The van der Waals surface area contributed by atoms with E-state index < -0.39 is 23.3 Å². The van der Waals surface area contributed by atoms with E-state index in [9.17, 15) is 13.9 Å². The number of H-pyrrole nitrogens is 1. The minimum absolute atomic E-state index is 0.149. The summed E-state index contributed by atoms with van der Waals surface area (Å²) >= 11 is 0.